The average molecular weight is 331 g/mol. The largest absolute Gasteiger partial charge is 0.353 e. The third kappa shape index (κ3) is 4.03. The third-order valence-electron chi connectivity index (χ3n) is 5.80. The number of benzene rings is 1. The zero-order chi connectivity index (χ0) is 17.1. The van der Waals surface area contributed by atoms with E-state index in [2.05, 4.69) is 12.2 Å². The number of ketones is 1. The number of amides is 1. The second-order valence-electron chi connectivity index (χ2n) is 7.48. The first-order valence-electron chi connectivity index (χ1n) is 9.11. The molecule has 2 fully saturated rings. The first-order valence-corrected chi connectivity index (χ1v) is 9.11. The SMILES string of the molecule is C[C@H](NC(=O)CCCC(=O)c1ccc(F)cc1)[C@H]1C[C@H]2CC[C@H]1C2. The first-order chi connectivity index (χ1) is 11.5. The maximum absolute atomic E-state index is 12.8. The predicted octanol–water partition coefficient (Wildman–Crippen LogP) is 4.12. The zero-order valence-electron chi connectivity index (χ0n) is 14.3. The molecule has 4 heteroatoms. The molecule has 130 valence electrons. The molecule has 1 aromatic carbocycles. The van der Waals surface area contributed by atoms with Gasteiger partial charge in [-0.15, -0.1) is 0 Å². The molecule has 4 atom stereocenters. The Morgan fingerprint density at radius 1 is 1.17 bits per heavy atom. The van der Waals surface area contributed by atoms with Gasteiger partial charge < -0.3 is 5.32 Å². The fraction of sp³-hybridized carbons (Fsp3) is 0.600. The van der Waals surface area contributed by atoms with Crippen LogP contribution in [0.1, 0.15) is 62.2 Å². The van der Waals surface area contributed by atoms with Crippen LogP contribution in [0.15, 0.2) is 24.3 Å². The molecular weight excluding hydrogens is 305 g/mol. The molecule has 2 aliphatic carbocycles. The highest BCUT2D eigenvalue weighted by Gasteiger charge is 2.42. The molecule has 2 bridgehead atoms. The number of carbonyl (C=O) groups excluding carboxylic acids is 2. The standard InChI is InChI=1S/C20H26FNO2/c1-13(18-12-14-5-6-16(18)11-14)22-20(24)4-2-3-19(23)15-7-9-17(21)10-8-15/h7-10,13-14,16,18H,2-6,11-12H2,1H3,(H,22,24)/t13-,14-,16-,18+/m0/s1. The summed E-state index contributed by atoms with van der Waals surface area (Å²) in [6.07, 6.45) is 6.52. The van der Waals surface area contributed by atoms with Gasteiger partial charge in [0.15, 0.2) is 5.78 Å². The molecule has 3 nitrogen and oxygen atoms in total. The van der Waals surface area contributed by atoms with Gasteiger partial charge in [-0.3, -0.25) is 9.59 Å². The number of hydrogen-bond acceptors (Lipinski definition) is 2. The van der Waals surface area contributed by atoms with Crippen LogP contribution in [0.4, 0.5) is 4.39 Å². The van der Waals surface area contributed by atoms with Crippen LogP contribution in [0.25, 0.3) is 0 Å². The Morgan fingerprint density at radius 3 is 2.54 bits per heavy atom. The van der Waals surface area contributed by atoms with Crippen molar-refractivity contribution in [2.45, 2.75) is 57.9 Å². The number of fused-ring (bicyclic) bond motifs is 2. The van der Waals surface area contributed by atoms with Crippen molar-refractivity contribution >= 4 is 11.7 Å². The van der Waals surface area contributed by atoms with Crippen molar-refractivity contribution in [1.29, 1.82) is 0 Å². The molecule has 0 aromatic heterocycles. The minimum absolute atomic E-state index is 0.0380. The fourth-order valence-electron chi connectivity index (χ4n) is 4.53. The number of Topliss-reactive ketones (excluding diaryl/α,β-unsaturated/α-hetero) is 1. The smallest absolute Gasteiger partial charge is 0.220 e. The summed E-state index contributed by atoms with van der Waals surface area (Å²) >= 11 is 0. The first kappa shape index (κ1) is 17.1. The minimum atomic E-state index is -0.347. The van der Waals surface area contributed by atoms with E-state index in [4.69, 9.17) is 0 Å². The van der Waals surface area contributed by atoms with Gasteiger partial charge in [0.25, 0.3) is 0 Å². The molecule has 2 saturated carbocycles. The molecule has 1 N–H and O–H groups in total. The van der Waals surface area contributed by atoms with Gasteiger partial charge in [0.2, 0.25) is 5.91 Å². The van der Waals surface area contributed by atoms with E-state index in [0.29, 0.717) is 30.7 Å². The summed E-state index contributed by atoms with van der Waals surface area (Å²) in [5.41, 5.74) is 0.507. The van der Waals surface area contributed by atoms with Gasteiger partial charge in [-0.05, 0) is 74.6 Å². The van der Waals surface area contributed by atoms with E-state index in [0.717, 1.165) is 11.8 Å². The summed E-state index contributed by atoms with van der Waals surface area (Å²) in [5, 5.41) is 3.13. The third-order valence-corrected chi connectivity index (χ3v) is 5.80. The van der Waals surface area contributed by atoms with Crippen molar-refractivity contribution in [2.75, 3.05) is 0 Å². The summed E-state index contributed by atoms with van der Waals surface area (Å²) in [6, 6.07) is 5.80. The summed E-state index contributed by atoms with van der Waals surface area (Å²) < 4.78 is 12.8. The molecule has 0 radical (unpaired) electrons. The molecular formula is C20H26FNO2. The second-order valence-corrected chi connectivity index (χ2v) is 7.48. The lowest BCUT2D eigenvalue weighted by Gasteiger charge is -2.28. The van der Waals surface area contributed by atoms with Crippen molar-refractivity contribution < 1.29 is 14.0 Å². The summed E-state index contributed by atoms with van der Waals surface area (Å²) in [5.74, 6) is 1.97. The summed E-state index contributed by atoms with van der Waals surface area (Å²) in [4.78, 5) is 24.1. The second kappa shape index (κ2) is 7.45. The Bertz CT molecular complexity index is 598. The monoisotopic (exact) mass is 331 g/mol. The molecule has 0 aliphatic heterocycles. The van der Waals surface area contributed by atoms with Crippen LogP contribution >= 0.6 is 0 Å². The lowest BCUT2D eigenvalue weighted by atomic mass is 9.84. The van der Waals surface area contributed by atoms with Gasteiger partial charge in [0.1, 0.15) is 5.82 Å². The van der Waals surface area contributed by atoms with Crippen LogP contribution in [0.3, 0.4) is 0 Å². The highest BCUT2D eigenvalue weighted by Crippen LogP contribution is 2.49. The van der Waals surface area contributed by atoms with E-state index in [-0.39, 0.29) is 23.5 Å². The van der Waals surface area contributed by atoms with Gasteiger partial charge >= 0.3 is 0 Å². The van der Waals surface area contributed by atoms with Crippen LogP contribution in [0.5, 0.6) is 0 Å². The maximum atomic E-state index is 12.8. The number of nitrogens with one attached hydrogen (secondary N) is 1. The van der Waals surface area contributed by atoms with E-state index in [1.54, 1.807) is 0 Å². The molecule has 0 spiro atoms. The molecule has 0 saturated heterocycles. The van der Waals surface area contributed by atoms with Gasteiger partial charge in [-0.2, -0.15) is 0 Å². The van der Waals surface area contributed by atoms with Crippen LogP contribution in [-0.4, -0.2) is 17.7 Å². The Kier molecular flexibility index (Phi) is 5.32. The Hall–Kier alpha value is -1.71. The summed E-state index contributed by atoms with van der Waals surface area (Å²) in [7, 11) is 0. The highest BCUT2D eigenvalue weighted by molar-refractivity contribution is 5.96. The lowest BCUT2D eigenvalue weighted by molar-refractivity contribution is -0.122. The van der Waals surface area contributed by atoms with Gasteiger partial charge in [0.05, 0.1) is 0 Å². The summed E-state index contributed by atoms with van der Waals surface area (Å²) in [6.45, 7) is 2.12. The molecule has 2 aliphatic rings. The van der Waals surface area contributed by atoms with Gasteiger partial charge in [-0.25, -0.2) is 4.39 Å². The Morgan fingerprint density at radius 2 is 1.92 bits per heavy atom. The van der Waals surface area contributed by atoms with Crippen molar-refractivity contribution in [2.24, 2.45) is 17.8 Å². The van der Waals surface area contributed by atoms with Crippen molar-refractivity contribution in [3.8, 4) is 0 Å². The molecule has 3 rings (SSSR count). The molecule has 24 heavy (non-hydrogen) atoms. The molecule has 1 aromatic rings. The quantitative estimate of drug-likeness (QED) is 0.764. The van der Waals surface area contributed by atoms with Crippen LogP contribution in [0.2, 0.25) is 0 Å². The van der Waals surface area contributed by atoms with Crippen LogP contribution in [-0.2, 0) is 4.79 Å². The minimum Gasteiger partial charge on any atom is -0.353 e. The van der Waals surface area contributed by atoms with Crippen molar-refractivity contribution in [1.82, 2.24) is 5.32 Å². The number of rotatable bonds is 7. The van der Waals surface area contributed by atoms with E-state index in [1.165, 1.54) is 49.9 Å². The highest BCUT2D eigenvalue weighted by atomic mass is 19.1. The van der Waals surface area contributed by atoms with Crippen LogP contribution in [0, 0.1) is 23.6 Å². The van der Waals surface area contributed by atoms with E-state index in [1.807, 2.05) is 0 Å². The molecule has 0 unspecified atom stereocenters. The van der Waals surface area contributed by atoms with Crippen molar-refractivity contribution in [3.05, 3.63) is 35.6 Å². The number of halogens is 1. The zero-order valence-corrected chi connectivity index (χ0v) is 14.3. The van der Waals surface area contributed by atoms with E-state index in [9.17, 15) is 14.0 Å². The fourth-order valence-corrected chi connectivity index (χ4v) is 4.53. The van der Waals surface area contributed by atoms with Gasteiger partial charge in [-0.1, -0.05) is 6.42 Å². The lowest BCUT2D eigenvalue weighted by Crippen LogP contribution is -2.40. The van der Waals surface area contributed by atoms with Crippen molar-refractivity contribution in [3.63, 3.8) is 0 Å². The van der Waals surface area contributed by atoms with Crippen LogP contribution < -0.4 is 5.32 Å². The molecule has 0 heterocycles. The predicted molar refractivity (Wildman–Crippen MR) is 91.1 cm³/mol. The molecule has 1 amide bonds. The number of hydrogen-bond donors (Lipinski definition) is 1. The average Bonchev–Trinajstić information content (AvgIpc) is 3.18. The Labute approximate surface area is 143 Å². The Balaban J connectivity index is 1.38. The van der Waals surface area contributed by atoms with E-state index >= 15 is 0 Å². The van der Waals surface area contributed by atoms with Gasteiger partial charge in [0, 0.05) is 24.4 Å². The normalized spacial score (nSPS) is 26.3. The topological polar surface area (TPSA) is 46.2 Å². The number of carbonyl (C=O) groups is 2. The maximum Gasteiger partial charge on any atom is 0.220 e. The van der Waals surface area contributed by atoms with E-state index < -0.39 is 0 Å².